The van der Waals surface area contributed by atoms with Crippen LogP contribution in [-0.2, 0) is 0 Å². The van der Waals surface area contributed by atoms with E-state index < -0.39 is 0 Å². The molecule has 0 spiro atoms. The number of anilines is 1. The Morgan fingerprint density at radius 2 is 2.15 bits per heavy atom. The summed E-state index contributed by atoms with van der Waals surface area (Å²) >= 11 is 5.23. The number of aryl methyl sites for hydroxylation is 1. The lowest BCUT2D eigenvalue weighted by Gasteiger charge is -2.25. The largest absolute Gasteiger partial charge is 0.389 e. The smallest absolute Gasteiger partial charge is 0.106 e. The van der Waals surface area contributed by atoms with Gasteiger partial charge in [0, 0.05) is 24.3 Å². The first-order valence-electron chi connectivity index (χ1n) is 7.77. The molecule has 20 heavy (non-hydrogen) atoms. The number of nitrogens with zero attached hydrogens (tertiary/aromatic N) is 1. The molecular formula is C17H26N2S. The number of hydrogen-bond acceptors (Lipinski definition) is 2. The normalized spacial score (nSPS) is 19.7. The fourth-order valence-electron chi connectivity index (χ4n) is 3.23. The van der Waals surface area contributed by atoms with Gasteiger partial charge < -0.3 is 10.6 Å². The fraction of sp³-hybridized carbons (Fsp3) is 0.588. The molecule has 1 saturated heterocycles. The zero-order valence-electron chi connectivity index (χ0n) is 12.7. The van der Waals surface area contributed by atoms with E-state index in [1.807, 2.05) is 0 Å². The molecule has 2 nitrogen and oxygen atoms in total. The predicted octanol–water partition coefficient (Wildman–Crippen LogP) is 4.04. The molecule has 0 radical (unpaired) electrons. The van der Waals surface area contributed by atoms with Crippen molar-refractivity contribution < 1.29 is 0 Å². The average molecular weight is 290 g/mol. The molecule has 1 unspecified atom stereocenters. The molecular weight excluding hydrogens is 264 g/mol. The second-order valence-corrected chi connectivity index (χ2v) is 6.40. The monoisotopic (exact) mass is 290 g/mol. The van der Waals surface area contributed by atoms with Crippen molar-refractivity contribution in [1.29, 1.82) is 0 Å². The number of rotatable bonds is 4. The highest BCUT2D eigenvalue weighted by molar-refractivity contribution is 7.80. The summed E-state index contributed by atoms with van der Waals surface area (Å²) in [4.78, 5) is 2.99. The second kappa shape index (κ2) is 7.07. The number of nitrogens with two attached hydrogens (primary N) is 1. The third kappa shape index (κ3) is 3.72. The minimum absolute atomic E-state index is 0.512. The van der Waals surface area contributed by atoms with Crippen LogP contribution < -0.4 is 10.6 Å². The molecule has 1 aromatic rings. The molecule has 2 rings (SSSR count). The van der Waals surface area contributed by atoms with E-state index in [2.05, 4.69) is 36.9 Å². The van der Waals surface area contributed by atoms with Crippen LogP contribution >= 0.6 is 12.2 Å². The van der Waals surface area contributed by atoms with Gasteiger partial charge in [0.15, 0.2) is 0 Å². The summed E-state index contributed by atoms with van der Waals surface area (Å²) in [6, 6.07) is 6.46. The highest BCUT2D eigenvalue weighted by atomic mass is 32.1. The summed E-state index contributed by atoms with van der Waals surface area (Å²) < 4.78 is 0. The Bertz CT molecular complexity index is 470. The molecule has 0 aliphatic carbocycles. The molecule has 1 aromatic carbocycles. The topological polar surface area (TPSA) is 29.3 Å². The van der Waals surface area contributed by atoms with E-state index in [4.69, 9.17) is 18.0 Å². The molecule has 2 N–H and O–H groups in total. The summed E-state index contributed by atoms with van der Waals surface area (Å²) in [6.07, 6.45) is 6.59. The van der Waals surface area contributed by atoms with Gasteiger partial charge in [-0.05, 0) is 44.2 Å². The summed E-state index contributed by atoms with van der Waals surface area (Å²) in [6.45, 7) is 6.63. The van der Waals surface area contributed by atoms with E-state index in [0.717, 1.165) is 24.6 Å². The molecule has 1 fully saturated rings. The van der Waals surface area contributed by atoms with Gasteiger partial charge in [-0.15, -0.1) is 0 Å². The summed E-state index contributed by atoms with van der Waals surface area (Å²) in [7, 11) is 0. The number of benzene rings is 1. The van der Waals surface area contributed by atoms with Crippen molar-refractivity contribution >= 4 is 22.9 Å². The Kier molecular flexibility index (Phi) is 5.41. The van der Waals surface area contributed by atoms with E-state index in [1.54, 1.807) is 0 Å². The number of thiocarbonyl (C=S) groups is 1. The van der Waals surface area contributed by atoms with Gasteiger partial charge in [0.05, 0.1) is 0 Å². The zero-order chi connectivity index (χ0) is 14.5. The predicted molar refractivity (Wildman–Crippen MR) is 91.5 cm³/mol. The maximum atomic E-state index is 5.91. The van der Waals surface area contributed by atoms with Crippen molar-refractivity contribution in [3.8, 4) is 0 Å². The van der Waals surface area contributed by atoms with Crippen LogP contribution in [0.15, 0.2) is 18.2 Å². The Morgan fingerprint density at radius 1 is 1.35 bits per heavy atom. The van der Waals surface area contributed by atoms with Crippen LogP contribution in [0.5, 0.6) is 0 Å². The van der Waals surface area contributed by atoms with E-state index >= 15 is 0 Å². The number of hydrogen-bond donors (Lipinski definition) is 1. The van der Waals surface area contributed by atoms with Gasteiger partial charge in [0.2, 0.25) is 0 Å². The lowest BCUT2D eigenvalue weighted by atomic mass is 9.96. The standard InChI is InChI=1S/C17H26N2S/c1-3-5-14-6-4-10-19(11-9-14)16-8-7-13(2)12-15(16)17(18)20/h7-8,12,14H,3-6,9-11H2,1-2H3,(H2,18,20). The van der Waals surface area contributed by atoms with Gasteiger partial charge in [-0.25, -0.2) is 0 Å². The van der Waals surface area contributed by atoms with Gasteiger partial charge in [-0.2, -0.15) is 0 Å². The van der Waals surface area contributed by atoms with Crippen molar-refractivity contribution in [2.24, 2.45) is 11.7 Å². The van der Waals surface area contributed by atoms with Crippen LogP contribution in [0, 0.1) is 12.8 Å². The van der Waals surface area contributed by atoms with Crippen molar-refractivity contribution in [2.75, 3.05) is 18.0 Å². The van der Waals surface area contributed by atoms with Gasteiger partial charge in [0.25, 0.3) is 0 Å². The van der Waals surface area contributed by atoms with Gasteiger partial charge in [-0.3, -0.25) is 0 Å². The first-order valence-corrected chi connectivity index (χ1v) is 8.18. The molecule has 1 atom stereocenters. The molecule has 1 aliphatic heterocycles. The van der Waals surface area contributed by atoms with Crippen LogP contribution in [0.2, 0.25) is 0 Å². The van der Waals surface area contributed by atoms with Crippen LogP contribution in [0.1, 0.15) is 50.2 Å². The first-order chi connectivity index (χ1) is 9.61. The van der Waals surface area contributed by atoms with E-state index in [-0.39, 0.29) is 0 Å². The summed E-state index contributed by atoms with van der Waals surface area (Å²) in [5.41, 5.74) is 9.39. The highest BCUT2D eigenvalue weighted by Gasteiger charge is 2.19. The van der Waals surface area contributed by atoms with Crippen LogP contribution in [0.3, 0.4) is 0 Å². The lowest BCUT2D eigenvalue weighted by Crippen LogP contribution is -2.27. The first kappa shape index (κ1) is 15.3. The van der Waals surface area contributed by atoms with E-state index in [9.17, 15) is 0 Å². The Labute approximate surface area is 128 Å². The fourth-order valence-corrected chi connectivity index (χ4v) is 3.39. The Hall–Kier alpha value is -1.09. The minimum atomic E-state index is 0.512. The van der Waals surface area contributed by atoms with Crippen molar-refractivity contribution in [1.82, 2.24) is 0 Å². The summed E-state index contributed by atoms with van der Waals surface area (Å²) in [5.74, 6) is 0.892. The molecule has 0 aromatic heterocycles. The quantitative estimate of drug-likeness (QED) is 0.849. The van der Waals surface area contributed by atoms with E-state index in [1.165, 1.54) is 43.4 Å². The average Bonchev–Trinajstić information content (AvgIpc) is 2.65. The SMILES string of the molecule is CCCC1CCCN(c2ccc(C)cc2C(N)=S)CC1. The van der Waals surface area contributed by atoms with Crippen molar-refractivity contribution in [2.45, 2.75) is 46.0 Å². The molecule has 0 amide bonds. The van der Waals surface area contributed by atoms with Gasteiger partial charge in [0.1, 0.15) is 4.99 Å². The maximum absolute atomic E-state index is 5.91. The highest BCUT2D eigenvalue weighted by Crippen LogP contribution is 2.28. The zero-order valence-corrected chi connectivity index (χ0v) is 13.5. The third-order valence-electron chi connectivity index (χ3n) is 4.30. The molecule has 0 bridgehead atoms. The second-order valence-electron chi connectivity index (χ2n) is 5.96. The van der Waals surface area contributed by atoms with Crippen LogP contribution in [0.4, 0.5) is 5.69 Å². The summed E-state index contributed by atoms with van der Waals surface area (Å²) in [5, 5.41) is 0. The third-order valence-corrected chi connectivity index (χ3v) is 4.52. The van der Waals surface area contributed by atoms with Gasteiger partial charge in [-0.1, -0.05) is 43.6 Å². The molecule has 1 aliphatic rings. The Balaban J connectivity index is 2.17. The maximum Gasteiger partial charge on any atom is 0.106 e. The van der Waals surface area contributed by atoms with E-state index in [0.29, 0.717) is 4.99 Å². The van der Waals surface area contributed by atoms with Crippen molar-refractivity contribution in [3.05, 3.63) is 29.3 Å². The van der Waals surface area contributed by atoms with Gasteiger partial charge >= 0.3 is 0 Å². The van der Waals surface area contributed by atoms with Crippen LogP contribution in [-0.4, -0.2) is 18.1 Å². The lowest BCUT2D eigenvalue weighted by molar-refractivity contribution is 0.435. The van der Waals surface area contributed by atoms with Crippen LogP contribution in [0.25, 0.3) is 0 Å². The Morgan fingerprint density at radius 3 is 2.85 bits per heavy atom. The molecule has 1 heterocycles. The molecule has 0 saturated carbocycles. The minimum Gasteiger partial charge on any atom is -0.389 e. The molecule has 110 valence electrons. The van der Waals surface area contributed by atoms with Crippen molar-refractivity contribution in [3.63, 3.8) is 0 Å². The molecule has 3 heteroatoms.